The normalized spacial score (nSPS) is 11.1. The van der Waals surface area contributed by atoms with E-state index < -0.39 is 22.1 Å². The second kappa shape index (κ2) is 9.05. The van der Waals surface area contributed by atoms with Gasteiger partial charge in [-0.25, -0.2) is 0 Å². The van der Waals surface area contributed by atoms with E-state index in [2.05, 4.69) is 0 Å². The van der Waals surface area contributed by atoms with Gasteiger partial charge >= 0.3 is 22.1 Å². The summed E-state index contributed by atoms with van der Waals surface area (Å²) >= 11 is 0. The van der Waals surface area contributed by atoms with Crippen LogP contribution in [0.15, 0.2) is 47.9 Å². The third-order valence-electron chi connectivity index (χ3n) is 3.18. The number of carbonyl (C=O) groups excluding carboxylic acids is 2. The van der Waals surface area contributed by atoms with E-state index in [-0.39, 0.29) is 28.6 Å². The summed E-state index contributed by atoms with van der Waals surface area (Å²) in [4.78, 5) is 22.7. The fourth-order valence-electron chi connectivity index (χ4n) is 2.17. The standard InChI is InChI=1S/C19H18O8S/c1-13(20)25-17-10-9-15(18(24-3)19(17)26-14(2)21)11-12-28(22,23)27-16-7-5-4-6-8-16/h4-12H,1-3H3/b12-11+. The van der Waals surface area contributed by atoms with Crippen LogP contribution in [0, 0.1) is 0 Å². The van der Waals surface area contributed by atoms with E-state index in [4.69, 9.17) is 18.4 Å². The van der Waals surface area contributed by atoms with Crippen molar-refractivity contribution in [3.05, 3.63) is 53.4 Å². The number of methoxy groups -OCH3 is 1. The molecule has 0 saturated heterocycles. The molecule has 0 aliphatic rings. The highest BCUT2D eigenvalue weighted by Crippen LogP contribution is 2.41. The highest BCUT2D eigenvalue weighted by molar-refractivity contribution is 7.90. The lowest BCUT2D eigenvalue weighted by atomic mass is 10.1. The number of hydrogen-bond acceptors (Lipinski definition) is 8. The maximum Gasteiger partial charge on any atom is 0.332 e. The van der Waals surface area contributed by atoms with Crippen LogP contribution >= 0.6 is 0 Å². The summed E-state index contributed by atoms with van der Waals surface area (Å²) in [5.74, 6) is -1.32. The maximum atomic E-state index is 12.1. The van der Waals surface area contributed by atoms with Gasteiger partial charge in [0.05, 0.1) is 12.5 Å². The van der Waals surface area contributed by atoms with Gasteiger partial charge < -0.3 is 18.4 Å². The molecule has 9 heteroatoms. The molecule has 2 rings (SSSR count). The zero-order valence-electron chi connectivity index (χ0n) is 15.4. The molecule has 0 atom stereocenters. The van der Waals surface area contributed by atoms with Crippen molar-refractivity contribution in [2.24, 2.45) is 0 Å². The second-order valence-electron chi connectivity index (χ2n) is 5.39. The number of rotatable bonds is 7. The Labute approximate surface area is 162 Å². The van der Waals surface area contributed by atoms with E-state index in [1.165, 1.54) is 44.4 Å². The first-order valence-electron chi connectivity index (χ1n) is 7.97. The molecule has 2 aromatic rings. The number of benzene rings is 2. The summed E-state index contributed by atoms with van der Waals surface area (Å²) < 4.78 is 44.6. The van der Waals surface area contributed by atoms with Gasteiger partial charge in [0.15, 0.2) is 11.5 Å². The Kier molecular flexibility index (Phi) is 6.78. The zero-order valence-corrected chi connectivity index (χ0v) is 16.2. The topological polar surface area (TPSA) is 105 Å². The minimum absolute atomic E-state index is 0.0140. The number of para-hydroxylation sites is 1. The molecule has 148 valence electrons. The van der Waals surface area contributed by atoms with Crippen LogP contribution in [0.2, 0.25) is 0 Å². The van der Waals surface area contributed by atoms with Gasteiger partial charge in [0.1, 0.15) is 5.75 Å². The van der Waals surface area contributed by atoms with Crippen molar-refractivity contribution < 1.29 is 36.4 Å². The minimum Gasteiger partial charge on any atom is -0.492 e. The first-order chi connectivity index (χ1) is 13.2. The molecule has 0 spiro atoms. The molecular weight excluding hydrogens is 388 g/mol. The van der Waals surface area contributed by atoms with Crippen LogP contribution in [0.3, 0.4) is 0 Å². The van der Waals surface area contributed by atoms with Gasteiger partial charge in [0, 0.05) is 19.4 Å². The third kappa shape index (κ3) is 5.85. The Bertz CT molecular complexity index is 994. The van der Waals surface area contributed by atoms with Crippen molar-refractivity contribution in [3.63, 3.8) is 0 Å². The van der Waals surface area contributed by atoms with Crippen molar-refractivity contribution in [1.29, 1.82) is 0 Å². The van der Waals surface area contributed by atoms with Crippen LogP contribution in [0.1, 0.15) is 19.4 Å². The predicted octanol–water partition coefficient (Wildman–Crippen LogP) is 2.93. The smallest absolute Gasteiger partial charge is 0.332 e. The fourth-order valence-corrected chi connectivity index (χ4v) is 2.92. The number of hydrogen-bond donors (Lipinski definition) is 0. The summed E-state index contributed by atoms with van der Waals surface area (Å²) in [6, 6.07) is 10.8. The van der Waals surface area contributed by atoms with Crippen molar-refractivity contribution in [1.82, 2.24) is 0 Å². The van der Waals surface area contributed by atoms with E-state index >= 15 is 0 Å². The predicted molar refractivity (Wildman–Crippen MR) is 101 cm³/mol. The molecule has 8 nitrogen and oxygen atoms in total. The van der Waals surface area contributed by atoms with Crippen molar-refractivity contribution in [3.8, 4) is 23.0 Å². The lowest BCUT2D eigenvalue weighted by Crippen LogP contribution is -2.09. The van der Waals surface area contributed by atoms with Gasteiger partial charge in [0.2, 0.25) is 5.75 Å². The Hall–Kier alpha value is -3.33. The highest BCUT2D eigenvalue weighted by atomic mass is 32.2. The van der Waals surface area contributed by atoms with E-state index in [9.17, 15) is 18.0 Å². The van der Waals surface area contributed by atoms with Crippen molar-refractivity contribution in [2.75, 3.05) is 7.11 Å². The first-order valence-corrected chi connectivity index (χ1v) is 9.44. The molecule has 0 aromatic heterocycles. The number of ether oxygens (including phenoxy) is 3. The van der Waals surface area contributed by atoms with Crippen LogP contribution < -0.4 is 18.4 Å². The molecule has 0 aliphatic heterocycles. The molecule has 0 aliphatic carbocycles. The molecule has 0 unspecified atom stereocenters. The van der Waals surface area contributed by atoms with Gasteiger partial charge in [0.25, 0.3) is 0 Å². The Balaban J connectivity index is 2.40. The van der Waals surface area contributed by atoms with E-state index in [0.717, 1.165) is 12.3 Å². The second-order valence-corrected chi connectivity index (χ2v) is 6.82. The molecule has 2 aromatic carbocycles. The minimum atomic E-state index is -4.05. The summed E-state index contributed by atoms with van der Waals surface area (Å²) in [6.45, 7) is 2.35. The summed E-state index contributed by atoms with van der Waals surface area (Å²) in [5, 5.41) is 0.834. The van der Waals surface area contributed by atoms with Gasteiger partial charge in [-0.05, 0) is 30.3 Å². The van der Waals surface area contributed by atoms with Gasteiger partial charge in [-0.15, -0.1) is 0 Å². The molecule has 0 heterocycles. The summed E-state index contributed by atoms with van der Waals surface area (Å²) in [7, 11) is -2.75. The fraction of sp³-hybridized carbons (Fsp3) is 0.158. The average Bonchev–Trinajstić information content (AvgIpc) is 2.61. The van der Waals surface area contributed by atoms with E-state index in [1.807, 2.05) is 0 Å². The summed E-state index contributed by atoms with van der Waals surface area (Å²) in [5.41, 5.74) is 0.259. The molecule has 0 saturated carbocycles. The van der Waals surface area contributed by atoms with E-state index in [1.54, 1.807) is 18.2 Å². The van der Waals surface area contributed by atoms with Crippen LogP contribution in [0.4, 0.5) is 0 Å². The summed E-state index contributed by atoms with van der Waals surface area (Å²) in [6.07, 6.45) is 1.21. The quantitative estimate of drug-likeness (QED) is 0.393. The Morgan fingerprint density at radius 2 is 1.54 bits per heavy atom. The Morgan fingerprint density at radius 3 is 2.11 bits per heavy atom. The SMILES string of the molecule is COc1c(/C=C/S(=O)(=O)Oc2ccccc2)ccc(OC(C)=O)c1OC(C)=O. The third-order valence-corrected chi connectivity index (χ3v) is 4.07. The molecule has 0 N–H and O–H groups in total. The zero-order chi connectivity index (χ0) is 20.7. The van der Waals surface area contributed by atoms with Crippen LogP contribution in [0.25, 0.3) is 6.08 Å². The van der Waals surface area contributed by atoms with Crippen LogP contribution in [-0.4, -0.2) is 27.5 Å². The molecule has 0 fully saturated rings. The van der Waals surface area contributed by atoms with Gasteiger partial charge in [-0.3, -0.25) is 9.59 Å². The lowest BCUT2D eigenvalue weighted by Gasteiger charge is -2.14. The van der Waals surface area contributed by atoms with Gasteiger partial charge in [-0.2, -0.15) is 8.42 Å². The highest BCUT2D eigenvalue weighted by Gasteiger charge is 2.19. The molecule has 0 bridgehead atoms. The van der Waals surface area contributed by atoms with Gasteiger partial charge in [-0.1, -0.05) is 18.2 Å². The average molecular weight is 406 g/mol. The lowest BCUT2D eigenvalue weighted by molar-refractivity contribution is -0.134. The first kappa shape index (κ1) is 21.0. The van der Waals surface area contributed by atoms with Crippen molar-refractivity contribution in [2.45, 2.75) is 13.8 Å². The molecular formula is C19H18O8S. The Morgan fingerprint density at radius 1 is 0.893 bits per heavy atom. The molecule has 0 radical (unpaired) electrons. The molecule has 28 heavy (non-hydrogen) atoms. The van der Waals surface area contributed by atoms with Crippen LogP contribution in [-0.2, 0) is 19.7 Å². The van der Waals surface area contributed by atoms with Crippen molar-refractivity contribution >= 4 is 28.1 Å². The monoisotopic (exact) mass is 406 g/mol. The van der Waals surface area contributed by atoms with Crippen LogP contribution in [0.5, 0.6) is 23.0 Å². The molecule has 0 amide bonds. The number of carbonyl (C=O) groups is 2. The number of esters is 2. The maximum absolute atomic E-state index is 12.1. The van der Waals surface area contributed by atoms with E-state index in [0.29, 0.717) is 0 Å². The largest absolute Gasteiger partial charge is 0.492 e.